The standard InChI is InChI=1S/C24H27N5OS/c1-16-7-8-17(2)20(14-16)26-21(30)10-13-29-23(18-9-12-28(3)15-18)22(27-24(29)31)19-6-4-5-11-25-19/h4-9,11-12,14-15,22-23H,10,13H2,1-3H3,(H,26,30)(H,27,31)/t22-,23-/m1/s1. The summed E-state index contributed by atoms with van der Waals surface area (Å²) < 4.78 is 2.03. The van der Waals surface area contributed by atoms with Gasteiger partial charge in [-0.2, -0.15) is 0 Å². The predicted octanol–water partition coefficient (Wildman–Crippen LogP) is 4.04. The van der Waals surface area contributed by atoms with Gasteiger partial charge >= 0.3 is 0 Å². The summed E-state index contributed by atoms with van der Waals surface area (Å²) in [4.78, 5) is 19.4. The van der Waals surface area contributed by atoms with Gasteiger partial charge in [-0.25, -0.2) is 0 Å². The molecule has 0 unspecified atom stereocenters. The van der Waals surface area contributed by atoms with Gasteiger partial charge in [-0.3, -0.25) is 9.78 Å². The van der Waals surface area contributed by atoms with Crippen molar-refractivity contribution in [3.8, 4) is 0 Å². The molecule has 1 aliphatic rings. The van der Waals surface area contributed by atoms with Crippen LogP contribution in [0.1, 0.15) is 40.9 Å². The first kappa shape index (κ1) is 21.1. The van der Waals surface area contributed by atoms with Gasteiger partial charge in [0.15, 0.2) is 5.11 Å². The van der Waals surface area contributed by atoms with Crippen molar-refractivity contribution in [1.82, 2.24) is 19.8 Å². The highest BCUT2D eigenvalue weighted by Gasteiger charge is 2.40. The van der Waals surface area contributed by atoms with Gasteiger partial charge in [0.2, 0.25) is 5.91 Å². The maximum atomic E-state index is 12.7. The van der Waals surface area contributed by atoms with Crippen molar-refractivity contribution < 1.29 is 4.79 Å². The van der Waals surface area contributed by atoms with E-state index in [0.29, 0.717) is 18.1 Å². The van der Waals surface area contributed by atoms with Crippen LogP contribution in [0.3, 0.4) is 0 Å². The molecule has 31 heavy (non-hydrogen) atoms. The summed E-state index contributed by atoms with van der Waals surface area (Å²) in [5.41, 5.74) is 5.10. The number of anilines is 1. The van der Waals surface area contributed by atoms with Gasteiger partial charge in [0.1, 0.15) is 0 Å². The first-order chi connectivity index (χ1) is 14.9. The number of thiocarbonyl (C=S) groups is 1. The molecule has 2 aromatic heterocycles. The number of hydrogen-bond donors (Lipinski definition) is 2. The number of nitrogens with one attached hydrogen (secondary N) is 2. The molecule has 0 radical (unpaired) electrons. The van der Waals surface area contributed by atoms with Gasteiger partial charge in [0.05, 0.1) is 17.8 Å². The molecule has 1 aliphatic heterocycles. The van der Waals surface area contributed by atoms with Crippen LogP contribution in [0, 0.1) is 13.8 Å². The molecular formula is C24H27N5OS. The highest BCUT2D eigenvalue weighted by Crippen LogP contribution is 2.38. The van der Waals surface area contributed by atoms with E-state index in [0.717, 1.165) is 28.1 Å². The van der Waals surface area contributed by atoms with Crippen LogP contribution in [0.15, 0.2) is 61.1 Å². The average molecular weight is 434 g/mol. The molecule has 0 bridgehead atoms. The average Bonchev–Trinajstić information content (AvgIpc) is 3.32. The van der Waals surface area contributed by atoms with Crippen molar-refractivity contribution in [2.75, 3.05) is 11.9 Å². The Labute approximate surface area is 188 Å². The Morgan fingerprint density at radius 2 is 2.06 bits per heavy atom. The summed E-state index contributed by atoms with van der Waals surface area (Å²) in [5.74, 6) is -0.0235. The Bertz CT molecular complexity index is 1090. The second-order valence-corrected chi connectivity index (χ2v) is 8.43. The lowest BCUT2D eigenvalue weighted by Gasteiger charge is -2.27. The molecule has 2 atom stereocenters. The van der Waals surface area contributed by atoms with Crippen molar-refractivity contribution in [1.29, 1.82) is 0 Å². The third-order valence-corrected chi connectivity index (χ3v) is 5.99. The smallest absolute Gasteiger partial charge is 0.226 e. The van der Waals surface area contributed by atoms with Crippen LogP contribution in [-0.2, 0) is 11.8 Å². The highest BCUT2D eigenvalue weighted by atomic mass is 32.1. The normalized spacial score (nSPS) is 18.2. The van der Waals surface area contributed by atoms with Crippen LogP contribution in [-0.4, -0.2) is 32.0 Å². The van der Waals surface area contributed by atoms with E-state index < -0.39 is 0 Å². The minimum Gasteiger partial charge on any atom is -0.357 e. The van der Waals surface area contributed by atoms with Crippen LogP contribution < -0.4 is 10.6 Å². The third-order valence-electron chi connectivity index (χ3n) is 5.64. The Balaban J connectivity index is 1.52. The largest absolute Gasteiger partial charge is 0.357 e. The number of aryl methyl sites for hydroxylation is 3. The number of pyridine rings is 1. The Morgan fingerprint density at radius 1 is 1.23 bits per heavy atom. The molecule has 1 saturated heterocycles. The fraction of sp³-hybridized carbons (Fsp3) is 0.292. The minimum absolute atomic E-state index is 0.0235. The summed E-state index contributed by atoms with van der Waals surface area (Å²) in [7, 11) is 2.00. The molecule has 1 aromatic carbocycles. The van der Waals surface area contributed by atoms with Crippen LogP contribution in [0.25, 0.3) is 0 Å². The van der Waals surface area contributed by atoms with Gasteiger partial charge in [-0.15, -0.1) is 0 Å². The lowest BCUT2D eigenvalue weighted by atomic mass is 9.99. The quantitative estimate of drug-likeness (QED) is 0.575. The van der Waals surface area contributed by atoms with Crippen molar-refractivity contribution in [2.45, 2.75) is 32.4 Å². The van der Waals surface area contributed by atoms with Gasteiger partial charge in [0.25, 0.3) is 0 Å². The summed E-state index contributed by atoms with van der Waals surface area (Å²) in [6, 6.07) is 14.0. The molecule has 160 valence electrons. The first-order valence-electron chi connectivity index (χ1n) is 10.4. The number of nitrogens with zero attached hydrogens (tertiary/aromatic N) is 3. The fourth-order valence-electron chi connectivity index (χ4n) is 4.01. The minimum atomic E-state index is -0.0711. The number of amides is 1. The highest BCUT2D eigenvalue weighted by molar-refractivity contribution is 7.80. The summed E-state index contributed by atoms with van der Waals surface area (Å²) in [6.07, 6.45) is 6.26. The first-order valence-corrected chi connectivity index (χ1v) is 10.8. The van der Waals surface area contributed by atoms with Crippen molar-refractivity contribution in [3.63, 3.8) is 0 Å². The summed E-state index contributed by atoms with van der Waals surface area (Å²) in [5, 5.41) is 7.11. The van der Waals surface area contributed by atoms with E-state index in [4.69, 9.17) is 12.2 Å². The lowest BCUT2D eigenvalue weighted by molar-refractivity contribution is -0.116. The predicted molar refractivity (Wildman–Crippen MR) is 127 cm³/mol. The molecule has 1 amide bonds. The lowest BCUT2D eigenvalue weighted by Crippen LogP contribution is -2.32. The monoisotopic (exact) mass is 433 g/mol. The second-order valence-electron chi connectivity index (χ2n) is 8.05. The van der Waals surface area contributed by atoms with Crippen molar-refractivity contribution >= 4 is 28.9 Å². The topological polar surface area (TPSA) is 62.2 Å². The second kappa shape index (κ2) is 8.89. The van der Waals surface area contributed by atoms with E-state index in [1.54, 1.807) is 6.20 Å². The SMILES string of the molecule is Cc1ccc(C)c(NC(=O)CCN2C(=S)N[C@H](c3ccccn3)[C@H]2c2ccn(C)c2)c1. The van der Waals surface area contributed by atoms with E-state index in [1.165, 1.54) is 0 Å². The Kier molecular flexibility index (Phi) is 6.04. The van der Waals surface area contributed by atoms with Crippen molar-refractivity contribution in [3.05, 3.63) is 83.4 Å². The zero-order valence-electron chi connectivity index (χ0n) is 18.0. The van der Waals surface area contributed by atoms with E-state index in [2.05, 4.69) is 32.8 Å². The van der Waals surface area contributed by atoms with Gasteiger partial charge in [-0.05, 0) is 67.0 Å². The molecular weight excluding hydrogens is 406 g/mol. The molecule has 6 nitrogen and oxygen atoms in total. The summed E-state index contributed by atoms with van der Waals surface area (Å²) >= 11 is 5.67. The van der Waals surface area contributed by atoms with E-state index in [-0.39, 0.29) is 18.0 Å². The number of rotatable bonds is 6. The van der Waals surface area contributed by atoms with Crippen molar-refractivity contribution in [2.24, 2.45) is 7.05 Å². The van der Waals surface area contributed by atoms with E-state index in [9.17, 15) is 4.79 Å². The maximum absolute atomic E-state index is 12.7. The number of aromatic nitrogens is 2. The Morgan fingerprint density at radius 3 is 2.77 bits per heavy atom. The van der Waals surface area contributed by atoms with Gasteiger partial charge in [-0.1, -0.05) is 18.2 Å². The zero-order chi connectivity index (χ0) is 22.0. The molecule has 4 rings (SSSR count). The molecule has 2 N–H and O–H groups in total. The third kappa shape index (κ3) is 4.61. The molecule has 3 heterocycles. The maximum Gasteiger partial charge on any atom is 0.226 e. The molecule has 3 aromatic rings. The number of carbonyl (C=O) groups is 1. The molecule has 0 saturated carbocycles. The molecule has 7 heteroatoms. The number of benzene rings is 1. The number of hydrogen-bond acceptors (Lipinski definition) is 3. The van der Waals surface area contributed by atoms with Crippen LogP contribution in [0.2, 0.25) is 0 Å². The van der Waals surface area contributed by atoms with E-state index >= 15 is 0 Å². The molecule has 0 aliphatic carbocycles. The Hall–Kier alpha value is -3.19. The van der Waals surface area contributed by atoms with Crippen LogP contribution in [0.5, 0.6) is 0 Å². The molecule has 0 spiro atoms. The van der Waals surface area contributed by atoms with Crippen LogP contribution in [0.4, 0.5) is 5.69 Å². The van der Waals surface area contributed by atoms with Crippen LogP contribution >= 0.6 is 12.2 Å². The number of carbonyl (C=O) groups excluding carboxylic acids is 1. The molecule has 1 fully saturated rings. The summed E-state index contributed by atoms with van der Waals surface area (Å²) in [6.45, 7) is 4.54. The zero-order valence-corrected chi connectivity index (χ0v) is 18.8. The van der Waals surface area contributed by atoms with Gasteiger partial charge < -0.3 is 20.1 Å². The van der Waals surface area contributed by atoms with E-state index in [1.807, 2.05) is 68.1 Å². The van der Waals surface area contributed by atoms with Gasteiger partial charge in [0, 0.05) is 44.3 Å². The fourth-order valence-corrected chi connectivity index (χ4v) is 4.35.